The largest absolute Gasteiger partial charge is 0.490 e. The zero-order valence-corrected chi connectivity index (χ0v) is 17.7. The van der Waals surface area contributed by atoms with E-state index in [4.69, 9.17) is 14.5 Å². The van der Waals surface area contributed by atoms with Gasteiger partial charge in [0.2, 0.25) is 0 Å². The summed E-state index contributed by atoms with van der Waals surface area (Å²) in [6.45, 7) is 4.75. The maximum atomic E-state index is 5.75. The van der Waals surface area contributed by atoms with Crippen LogP contribution in [0.4, 0.5) is 17.3 Å². The molecule has 1 atom stereocenters. The van der Waals surface area contributed by atoms with Crippen molar-refractivity contribution >= 4 is 23.0 Å². The molecular formula is C23H25N7O2. The van der Waals surface area contributed by atoms with Crippen LogP contribution in [0, 0.1) is 0 Å². The van der Waals surface area contributed by atoms with Crippen LogP contribution in [0.25, 0.3) is 5.65 Å². The van der Waals surface area contributed by atoms with Crippen LogP contribution in [-0.4, -0.2) is 58.8 Å². The minimum absolute atomic E-state index is 0.164. The highest BCUT2D eigenvalue weighted by atomic mass is 16.5. The Morgan fingerprint density at radius 1 is 1.12 bits per heavy atom. The second-order valence-corrected chi connectivity index (χ2v) is 8.07. The van der Waals surface area contributed by atoms with E-state index in [1.165, 1.54) is 0 Å². The van der Waals surface area contributed by atoms with Crippen molar-refractivity contribution in [3.63, 3.8) is 0 Å². The van der Waals surface area contributed by atoms with Crippen molar-refractivity contribution in [2.24, 2.45) is 0 Å². The summed E-state index contributed by atoms with van der Waals surface area (Å²) < 4.78 is 13.2. The van der Waals surface area contributed by atoms with Gasteiger partial charge >= 0.3 is 0 Å². The number of nitrogens with zero attached hydrogens (tertiary/aromatic N) is 5. The number of fused-ring (bicyclic) bond motifs is 2. The number of hydrogen-bond acceptors (Lipinski definition) is 8. The third kappa shape index (κ3) is 3.64. The third-order valence-electron chi connectivity index (χ3n) is 5.98. The van der Waals surface area contributed by atoms with Crippen molar-refractivity contribution in [1.82, 2.24) is 24.7 Å². The lowest BCUT2D eigenvalue weighted by atomic mass is 9.94. The smallest absolute Gasteiger partial charge is 0.180 e. The third-order valence-corrected chi connectivity index (χ3v) is 5.98. The maximum Gasteiger partial charge on any atom is 0.180 e. The molecule has 2 fully saturated rings. The zero-order valence-electron chi connectivity index (χ0n) is 17.7. The van der Waals surface area contributed by atoms with E-state index in [-0.39, 0.29) is 5.92 Å². The van der Waals surface area contributed by atoms with Crippen molar-refractivity contribution in [1.29, 1.82) is 0 Å². The molecule has 3 aliphatic rings. The van der Waals surface area contributed by atoms with E-state index in [0.717, 1.165) is 79.4 Å². The molecule has 0 radical (unpaired) electrons. The molecule has 0 bridgehead atoms. The average molecular weight is 432 g/mol. The standard InChI is InChI=1S/C23H25N7O2/c1-3-20-18(24-6-10-32-20)13-16(1)19-15-30-7-5-25-23(30)22(28-19)27-17-2-4-21(26-14-17)29-8-11-31-12-9-29/h2-5,7,13-16,24H,1,6,8-12H2,(H,27,28). The molecule has 0 aromatic carbocycles. The molecule has 2 aliphatic heterocycles. The maximum absolute atomic E-state index is 5.75. The molecule has 0 amide bonds. The van der Waals surface area contributed by atoms with Crippen LogP contribution in [0.5, 0.6) is 0 Å². The number of anilines is 3. The lowest BCUT2D eigenvalue weighted by Crippen LogP contribution is -2.36. The highest BCUT2D eigenvalue weighted by Gasteiger charge is 2.23. The normalized spacial score (nSPS) is 20.6. The highest BCUT2D eigenvalue weighted by Crippen LogP contribution is 2.32. The minimum atomic E-state index is 0.164. The van der Waals surface area contributed by atoms with Crippen molar-refractivity contribution in [3.8, 4) is 0 Å². The van der Waals surface area contributed by atoms with Gasteiger partial charge in [-0.25, -0.2) is 15.0 Å². The number of ether oxygens (including phenoxy) is 2. The van der Waals surface area contributed by atoms with Crippen LogP contribution in [-0.2, 0) is 9.47 Å². The molecule has 164 valence electrons. The van der Waals surface area contributed by atoms with E-state index in [2.05, 4.69) is 43.9 Å². The Balaban J connectivity index is 1.27. The molecule has 9 heteroatoms. The van der Waals surface area contributed by atoms with Gasteiger partial charge in [-0.05, 0) is 30.7 Å². The van der Waals surface area contributed by atoms with E-state index >= 15 is 0 Å². The fraction of sp³-hybridized carbons (Fsp3) is 0.348. The van der Waals surface area contributed by atoms with Gasteiger partial charge in [0.1, 0.15) is 18.2 Å². The molecule has 5 heterocycles. The number of nitrogens with one attached hydrogen (secondary N) is 2. The molecule has 3 aromatic rings. The Labute approximate surface area is 185 Å². The van der Waals surface area contributed by atoms with Crippen molar-refractivity contribution in [3.05, 3.63) is 66.2 Å². The van der Waals surface area contributed by atoms with Crippen LogP contribution in [0.2, 0.25) is 0 Å². The van der Waals surface area contributed by atoms with Crippen LogP contribution >= 0.6 is 0 Å². The van der Waals surface area contributed by atoms with Crippen molar-refractivity contribution in [2.75, 3.05) is 49.7 Å². The lowest BCUT2D eigenvalue weighted by molar-refractivity contribution is 0.122. The Bertz CT molecular complexity index is 1180. The topological polar surface area (TPSA) is 88.8 Å². The monoisotopic (exact) mass is 431 g/mol. The molecule has 9 nitrogen and oxygen atoms in total. The summed E-state index contributed by atoms with van der Waals surface area (Å²) in [5.74, 6) is 2.79. The Morgan fingerprint density at radius 2 is 2.06 bits per heavy atom. The molecule has 1 aliphatic carbocycles. The van der Waals surface area contributed by atoms with Gasteiger partial charge in [0.15, 0.2) is 11.5 Å². The summed E-state index contributed by atoms with van der Waals surface area (Å²) in [7, 11) is 0. The second kappa shape index (κ2) is 8.16. The first-order valence-corrected chi connectivity index (χ1v) is 11.0. The van der Waals surface area contributed by atoms with Gasteiger partial charge in [0.05, 0.1) is 36.5 Å². The summed E-state index contributed by atoms with van der Waals surface area (Å²) >= 11 is 0. The SMILES string of the molecule is C1=C2NCCOC2=CCC1c1cn2ccnc2c(Nc2ccc(N3CCOCC3)nc2)n1. The summed E-state index contributed by atoms with van der Waals surface area (Å²) in [5, 5.41) is 6.85. The van der Waals surface area contributed by atoms with Gasteiger partial charge in [0, 0.05) is 44.1 Å². The summed E-state index contributed by atoms with van der Waals surface area (Å²) in [6, 6.07) is 4.07. The van der Waals surface area contributed by atoms with Gasteiger partial charge in [0.25, 0.3) is 0 Å². The first-order chi connectivity index (χ1) is 15.8. The number of rotatable bonds is 4. The van der Waals surface area contributed by atoms with Crippen molar-refractivity contribution < 1.29 is 9.47 Å². The van der Waals surface area contributed by atoms with Gasteiger partial charge < -0.3 is 29.4 Å². The number of morpholine rings is 2. The van der Waals surface area contributed by atoms with Crippen LogP contribution in [0.3, 0.4) is 0 Å². The van der Waals surface area contributed by atoms with Crippen molar-refractivity contribution in [2.45, 2.75) is 12.3 Å². The van der Waals surface area contributed by atoms with Gasteiger partial charge in [-0.1, -0.05) is 0 Å². The fourth-order valence-electron chi connectivity index (χ4n) is 4.32. The number of hydrogen-bond donors (Lipinski definition) is 2. The summed E-state index contributed by atoms with van der Waals surface area (Å²) in [5.41, 5.74) is 3.69. The predicted molar refractivity (Wildman–Crippen MR) is 121 cm³/mol. The first-order valence-electron chi connectivity index (χ1n) is 11.0. The zero-order chi connectivity index (χ0) is 21.3. The highest BCUT2D eigenvalue weighted by molar-refractivity contribution is 5.70. The molecule has 2 saturated heterocycles. The molecule has 3 aromatic heterocycles. The molecule has 2 N–H and O–H groups in total. The lowest BCUT2D eigenvalue weighted by Gasteiger charge is -2.27. The van der Waals surface area contributed by atoms with E-state index in [1.807, 2.05) is 28.9 Å². The minimum Gasteiger partial charge on any atom is -0.490 e. The number of imidazole rings is 1. The van der Waals surface area contributed by atoms with Crippen LogP contribution in [0.1, 0.15) is 18.0 Å². The number of pyridine rings is 1. The Hall–Kier alpha value is -3.59. The average Bonchev–Trinajstić information content (AvgIpc) is 3.34. The molecular weight excluding hydrogens is 406 g/mol. The van der Waals surface area contributed by atoms with Crippen LogP contribution in [0.15, 0.2) is 60.5 Å². The first kappa shape index (κ1) is 19.1. The molecule has 6 rings (SSSR count). The van der Waals surface area contributed by atoms with E-state index < -0.39 is 0 Å². The summed E-state index contributed by atoms with van der Waals surface area (Å²) in [6.07, 6.45) is 12.8. The number of aromatic nitrogens is 4. The Morgan fingerprint density at radius 3 is 2.94 bits per heavy atom. The fourth-order valence-corrected chi connectivity index (χ4v) is 4.32. The molecule has 32 heavy (non-hydrogen) atoms. The predicted octanol–water partition coefficient (Wildman–Crippen LogP) is 2.58. The van der Waals surface area contributed by atoms with E-state index in [1.54, 1.807) is 6.20 Å². The molecule has 0 spiro atoms. The van der Waals surface area contributed by atoms with Crippen LogP contribution < -0.4 is 15.5 Å². The summed E-state index contributed by atoms with van der Waals surface area (Å²) in [4.78, 5) is 16.3. The number of allylic oxidation sites excluding steroid dienone is 2. The van der Waals surface area contributed by atoms with Gasteiger partial charge in [-0.3, -0.25) is 0 Å². The quantitative estimate of drug-likeness (QED) is 0.652. The van der Waals surface area contributed by atoms with Gasteiger partial charge in [-0.2, -0.15) is 0 Å². The van der Waals surface area contributed by atoms with E-state index in [9.17, 15) is 0 Å². The van der Waals surface area contributed by atoms with E-state index in [0.29, 0.717) is 6.61 Å². The molecule has 0 saturated carbocycles. The van der Waals surface area contributed by atoms with Gasteiger partial charge in [-0.15, -0.1) is 0 Å². The second-order valence-electron chi connectivity index (χ2n) is 8.07. The Kier molecular flexibility index (Phi) is 4.87. The molecule has 1 unspecified atom stereocenters.